The number of ether oxygens (including phenoxy) is 2. The number of methoxy groups -OCH3 is 1. The minimum atomic E-state index is -0.583. The topological polar surface area (TPSA) is 106 Å². The average molecular weight is 460 g/mol. The first-order chi connectivity index (χ1) is 15.3. The Morgan fingerprint density at radius 2 is 1.97 bits per heavy atom. The van der Waals surface area contributed by atoms with Gasteiger partial charge in [0.05, 0.1) is 36.3 Å². The summed E-state index contributed by atoms with van der Waals surface area (Å²) in [5.41, 5.74) is 2.70. The van der Waals surface area contributed by atoms with Gasteiger partial charge < -0.3 is 14.4 Å². The van der Waals surface area contributed by atoms with Crippen LogP contribution in [-0.4, -0.2) is 60.4 Å². The molecule has 0 aliphatic carbocycles. The van der Waals surface area contributed by atoms with Crippen molar-refractivity contribution in [2.45, 2.75) is 33.1 Å². The van der Waals surface area contributed by atoms with Gasteiger partial charge in [-0.2, -0.15) is 10.1 Å². The van der Waals surface area contributed by atoms with Crippen molar-refractivity contribution in [1.82, 2.24) is 4.90 Å². The molecule has 1 aromatic carbocycles. The van der Waals surface area contributed by atoms with Crippen molar-refractivity contribution >= 4 is 46.9 Å². The second kappa shape index (κ2) is 10.4. The average Bonchev–Trinajstić information content (AvgIpc) is 3.12. The molecule has 1 aromatic rings. The van der Waals surface area contributed by atoms with Gasteiger partial charge in [0.2, 0.25) is 11.8 Å². The zero-order valence-electron chi connectivity index (χ0n) is 18.3. The normalized spacial score (nSPS) is 17.6. The molecule has 0 saturated carbocycles. The van der Waals surface area contributed by atoms with Crippen LogP contribution >= 0.6 is 11.8 Å². The van der Waals surface area contributed by atoms with Crippen molar-refractivity contribution in [2.75, 3.05) is 31.0 Å². The molecule has 0 bridgehead atoms. The van der Waals surface area contributed by atoms with E-state index < -0.39 is 11.9 Å². The summed E-state index contributed by atoms with van der Waals surface area (Å²) in [6, 6.07) is 5.71. The van der Waals surface area contributed by atoms with Gasteiger partial charge in [0.25, 0.3) is 0 Å². The number of nitrogens with zero attached hydrogens (tertiary/aromatic N) is 3. The van der Waals surface area contributed by atoms with Gasteiger partial charge in [-0.05, 0) is 37.5 Å². The molecule has 3 rings (SSSR count). The Bertz CT molecular complexity index is 1000. The molecule has 170 valence electrons. The Morgan fingerprint density at radius 3 is 2.72 bits per heavy atom. The van der Waals surface area contributed by atoms with E-state index in [1.807, 2.05) is 32.0 Å². The molecule has 1 fully saturated rings. The maximum absolute atomic E-state index is 12.5. The monoisotopic (exact) mass is 459 g/mol. The molecule has 2 amide bonds. The van der Waals surface area contributed by atoms with Crippen LogP contribution in [-0.2, 0) is 28.7 Å². The third-order valence-corrected chi connectivity index (χ3v) is 6.00. The fourth-order valence-electron chi connectivity index (χ4n) is 3.24. The molecule has 2 heterocycles. The van der Waals surface area contributed by atoms with Crippen molar-refractivity contribution in [2.24, 2.45) is 5.10 Å². The zero-order chi connectivity index (χ0) is 23.3. The number of hydrogen-bond donors (Lipinski definition) is 0. The molecular formula is C22H25N3O6S. The number of thioether (sulfide) groups is 1. The van der Waals surface area contributed by atoms with Crippen molar-refractivity contribution in [3.63, 3.8) is 0 Å². The zero-order valence-corrected chi connectivity index (χ0v) is 19.1. The van der Waals surface area contributed by atoms with Crippen LogP contribution in [0, 0.1) is 13.8 Å². The molecule has 0 radical (unpaired) electrons. The van der Waals surface area contributed by atoms with E-state index in [2.05, 4.69) is 9.84 Å². The lowest BCUT2D eigenvalue weighted by Gasteiger charge is -2.24. The highest BCUT2D eigenvalue weighted by atomic mass is 32.2. The molecule has 0 aromatic heterocycles. The lowest BCUT2D eigenvalue weighted by atomic mass is 10.1. The molecule has 1 saturated heterocycles. The van der Waals surface area contributed by atoms with Gasteiger partial charge in [-0.3, -0.25) is 9.59 Å². The molecule has 2 aliphatic heterocycles. The van der Waals surface area contributed by atoms with E-state index in [0.717, 1.165) is 11.1 Å². The summed E-state index contributed by atoms with van der Waals surface area (Å²) in [6.07, 6.45) is 2.05. The number of hydrazone groups is 1. The van der Waals surface area contributed by atoms with Crippen LogP contribution in [0.1, 0.15) is 30.4 Å². The van der Waals surface area contributed by atoms with Gasteiger partial charge in [0.15, 0.2) is 0 Å². The van der Waals surface area contributed by atoms with E-state index in [9.17, 15) is 19.2 Å². The highest BCUT2D eigenvalue weighted by Gasteiger charge is 2.29. The molecular weight excluding hydrogens is 434 g/mol. The molecule has 2 aliphatic rings. The van der Waals surface area contributed by atoms with Crippen LogP contribution in [0.4, 0.5) is 5.69 Å². The summed E-state index contributed by atoms with van der Waals surface area (Å²) in [4.78, 5) is 49.8. The largest absolute Gasteiger partial charge is 0.466 e. The number of rotatable bonds is 7. The molecule has 0 atom stereocenters. The first kappa shape index (κ1) is 23.5. The smallest absolute Gasteiger partial charge is 0.354 e. The summed E-state index contributed by atoms with van der Waals surface area (Å²) in [5, 5.41) is 6.05. The molecule has 0 N–H and O–H groups in total. The van der Waals surface area contributed by atoms with Crippen LogP contribution in [0.3, 0.4) is 0 Å². The summed E-state index contributed by atoms with van der Waals surface area (Å²) in [5.74, 6) is -1.15. The van der Waals surface area contributed by atoms with Crippen molar-refractivity contribution < 1.29 is 28.7 Å². The maximum Gasteiger partial charge on any atom is 0.354 e. The standard InChI is InChI=1S/C22H25N3O6S/c1-14-5-6-15(2)17(11-14)25-18(26)8-7-16(23-25)22(29)31-10-4-9-24-19(27)13-32-20(24)12-21(28)30-3/h5-6,11-12H,4,7-10,13H2,1-3H3/b20-12+. The fourth-order valence-corrected chi connectivity index (χ4v) is 4.19. The summed E-state index contributed by atoms with van der Waals surface area (Å²) in [6.45, 7) is 4.19. The van der Waals surface area contributed by atoms with E-state index in [0.29, 0.717) is 23.7 Å². The summed E-state index contributed by atoms with van der Waals surface area (Å²) >= 11 is 1.26. The van der Waals surface area contributed by atoms with E-state index in [4.69, 9.17) is 4.74 Å². The highest BCUT2D eigenvalue weighted by Crippen LogP contribution is 2.29. The van der Waals surface area contributed by atoms with E-state index in [1.165, 1.54) is 34.9 Å². The summed E-state index contributed by atoms with van der Waals surface area (Å²) in [7, 11) is 1.27. The quantitative estimate of drug-likeness (QED) is 0.350. The second-order valence-corrected chi connectivity index (χ2v) is 8.37. The van der Waals surface area contributed by atoms with Crippen LogP contribution < -0.4 is 5.01 Å². The number of amides is 2. The number of esters is 2. The van der Waals surface area contributed by atoms with Gasteiger partial charge in [-0.1, -0.05) is 23.9 Å². The van der Waals surface area contributed by atoms with Gasteiger partial charge in [-0.15, -0.1) is 0 Å². The van der Waals surface area contributed by atoms with E-state index in [1.54, 1.807) is 0 Å². The maximum atomic E-state index is 12.5. The molecule has 9 nitrogen and oxygen atoms in total. The van der Waals surface area contributed by atoms with Crippen LogP contribution in [0.2, 0.25) is 0 Å². The number of carbonyl (C=O) groups excluding carboxylic acids is 4. The molecule has 0 spiro atoms. The Kier molecular flexibility index (Phi) is 7.68. The fraction of sp³-hybridized carbons (Fsp3) is 0.409. The number of aryl methyl sites for hydroxylation is 2. The van der Waals surface area contributed by atoms with E-state index >= 15 is 0 Å². The molecule has 10 heteroatoms. The van der Waals surface area contributed by atoms with Crippen molar-refractivity contribution in [3.05, 3.63) is 40.4 Å². The lowest BCUT2D eigenvalue weighted by molar-refractivity contribution is -0.136. The molecule has 32 heavy (non-hydrogen) atoms. The number of carbonyl (C=O) groups is 4. The van der Waals surface area contributed by atoms with E-state index in [-0.39, 0.29) is 42.7 Å². The lowest BCUT2D eigenvalue weighted by Crippen LogP contribution is -2.35. The van der Waals surface area contributed by atoms with Crippen LogP contribution in [0.5, 0.6) is 0 Å². The van der Waals surface area contributed by atoms with Crippen LogP contribution in [0.25, 0.3) is 0 Å². The first-order valence-corrected chi connectivity index (χ1v) is 11.2. The predicted octanol–water partition coefficient (Wildman–Crippen LogP) is 2.31. The Balaban J connectivity index is 1.58. The van der Waals surface area contributed by atoms with Gasteiger partial charge in [-0.25, -0.2) is 9.59 Å². The minimum Gasteiger partial charge on any atom is -0.466 e. The van der Waals surface area contributed by atoms with Crippen molar-refractivity contribution in [1.29, 1.82) is 0 Å². The number of benzene rings is 1. The van der Waals surface area contributed by atoms with Crippen molar-refractivity contribution in [3.8, 4) is 0 Å². The highest BCUT2D eigenvalue weighted by molar-refractivity contribution is 8.04. The molecule has 0 unspecified atom stereocenters. The van der Waals surface area contributed by atoms with Gasteiger partial charge >= 0.3 is 11.9 Å². The predicted molar refractivity (Wildman–Crippen MR) is 120 cm³/mol. The Hall–Kier alpha value is -3.14. The number of hydrogen-bond acceptors (Lipinski definition) is 8. The van der Waals surface area contributed by atoms with Crippen LogP contribution in [0.15, 0.2) is 34.4 Å². The third-order valence-electron chi connectivity index (χ3n) is 4.97. The summed E-state index contributed by atoms with van der Waals surface area (Å²) < 4.78 is 9.93. The number of anilines is 1. The second-order valence-electron chi connectivity index (χ2n) is 7.37. The van der Waals surface area contributed by atoms with Gasteiger partial charge in [0, 0.05) is 19.4 Å². The Morgan fingerprint density at radius 1 is 1.19 bits per heavy atom. The SMILES string of the molecule is COC(=O)/C=C1/SCC(=O)N1CCCOC(=O)C1=NN(c2cc(C)ccc2C)C(=O)CC1. The Labute approximate surface area is 190 Å². The first-order valence-electron chi connectivity index (χ1n) is 10.2. The third kappa shape index (κ3) is 5.56. The minimum absolute atomic E-state index is 0.0786. The van der Waals surface area contributed by atoms with Gasteiger partial charge in [0.1, 0.15) is 5.71 Å².